The Kier molecular flexibility index (Phi) is 10.3. The van der Waals surface area contributed by atoms with Gasteiger partial charge in [0.05, 0.1) is 25.9 Å². The summed E-state index contributed by atoms with van der Waals surface area (Å²) in [5, 5.41) is 71.0. The first-order valence-electron chi connectivity index (χ1n) is 12.4. The number of carbonyl (C=O) groups is 1. The molecule has 0 aromatic rings. The average Bonchev–Trinajstić information content (AvgIpc) is 3.19. The Hall–Kier alpha value is -0.930. The average molecular weight is 508 g/mol. The Balaban J connectivity index is 1.76. The number of amides is 1. The molecular formula is C23H41NO11. The highest BCUT2D eigenvalue weighted by atomic mass is 16.7. The Labute approximate surface area is 205 Å². The molecule has 1 amide bonds. The van der Waals surface area contributed by atoms with E-state index in [2.05, 4.69) is 13.8 Å². The molecule has 0 aliphatic carbocycles. The fourth-order valence-corrected chi connectivity index (χ4v) is 5.75. The maximum Gasteiger partial charge on any atom is 0.225 e. The van der Waals surface area contributed by atoms with Gasteiger partial charge in [0.25, 0.3) is 0 Å². The third-order valence-electron chi connectivity index (χ3n) is 7.53. The van der Waals surface area contributed by atoms with E-state index in [1.54, 1.807) is 0 Å². The summed E-state index contributed by atoms with van der Waals surface area (Å²) in [5.74, 6) is -1.86. The molecule has 0 bridgehead atoms. The zero-order valence-corrected chi connectivity index (χ0v) is 20.3. The molecule has 7 N–H and O–H groups in total. The van der Waals surface area contributed by atoms with E-state index in [1.165, 1.54) is 4.90 Å². The maximum absolute atomic E-state index is 12.6. The molecule has 35 heavy (non-hydrogen) atoms. The van der Waals surface area contributed by atoms with Crippen LogP contribution in [0.5, 0.6) is 0 Å². The SMILES string of the molecule is CC(C)CC1CC(=O)N(C2OC(CO)C(OC3OC(CO)C(CO)C(CO)C3CO)C(O)C2O)C1. The van der Waals surface area contributed by atoms with Crippen molar-refractivity contribution in [2.24, 2.45) is 29.6 Å². The van der Waals surface area contributed by atoms with Gasteiger partial charge in [0.15, 0.2) is 12.5 Å². The van der Waals surface area contributed by atoms with Gasteiger partial charge in [-0.15, -0.1) is 0 Å². The molecule has 3 saturated heterocycles. The first-order valence-corrected chi connectivity index (χ1v) is 12.4. The highest BCUT2D eigenvalue weighted by Gasteiger charge is 2.53. The molecule has 12 heteroatoms. The predicted molar refractivity (Wildman–Crippen MR) is 119 cm³/mol. The Morgan fingerprint density at radius 1 is 0.886 bits per heavy atom. The molecule has 0 aromatic carbocycles. The number of ether oxygens (including phenoxy) is 3. The minimum Gasteiger partial charge on any atom is -0.396 e. The van der Waals surface area contributed by atoms with Crippen molar-refractivity contribution in [1.29, 1.82) is 0 Å². The number of nitrogens with zero attached hydrogens (tertiary/aromatic N) is 1. The van der Waals surface area contributed by atoms with Gasteiger partial charge in [-0.1, -0.05) is 13.8 Å². The maximum atomic E-state index is 12.6. The Morgan fingerprint density at radius 2 is 1.51 bits per heavy atom. The second-order valence-electron chi connectivity index (χ2n) is 10.3. The van der Waals surface area contributed by atoms with Gasteiger partial charge in [-0.3, -0.25) is 4.79 Å². The number of hydrogen-bond acceptors (Lipinski definition) is 11. The molecular weight excluding hydrogens is 466 g/mol. The van der Waals surface area contributed by atoms with Crippen molar-refractivity contribution in [3.8, 4) is 0 Å². The van der Waals surface area contributed by atoms with Crippen LogP contribution >= 0.6 is 0 Å². The van der Waals surface area contributed by atoms with Crippen molar-refractivity contribution in [3.05, 3.63) is 0 Å². The molecule has 3 heterocycles. The minimum absolute atomic E-state index is 0.100. The van der Waals surface area contributed by atoms with E-state index in [9.17, 15) is 40.5 Å². The van der Waals surface area contributed by atoms with E-state index < -0.39 is 93.8 Å². The van der Waals surface area contributed by atoms with Crippen LogP contribution in [0.15, 0.2) is 0 Å². The summed E-state index contributed by atoms with van der Waals surface area (Å²) in [5.41, 5.74) is 0. The second kappa shape index (κ2) is 12.5. The van der Waals surface area contributed by atoms with Gasteiger partial charge in [-0.25, -0.2) is 0 Å². The van der Waals surface area contributed by atoms with Gasteiger partial charge in [-0.2, -0.15) is 0 Å². The molecule has 12 nitrogen and oxygen atoms in total. The number of aliphatic hydroxyl groups is 7. The lowest BCUT2D eigenvalue weighted by Crippen LogP contribution is -2.65. The molecule has 3 fully saturated rings. The van der Waals surface area contributed by atoms with Crippen LogP contribution in [0.25, 0.3) is 0 Å². The highest BCUT2D eigenvalue weighted by Crippen LogP contribution is 2.38. The quantitative estimate of drug-likeness (QED) is 0.162. The first-order chi connectivity index (χ1) is 16.7. The van der Waals surface area contributed by atoms with Gasteiger partial charge in [0, 0.05) is 38.0 Å². The Bertz CT molecular complexity index is 680. The smallest absolute Gasteiger partial charge is 0.225 e. The van der Waals surface area contributed by atoms with Crippen LogP contribution in [0.3, 0.4) is 0 Å². The number of carbonyl (C=O) groups excluding carboxylic acids is 1. The van der Waals surface area contributed by atoms with Crippen LogP contribution < -0.4 is 0 Å². The fraction of sp³-hybridized carbons (Fsp3) is 0.957. The summed E-state index contributed by atoms with van der Waals surface area (Å²) >= 11 is 0. The van der Waals surface area contributed by atoms with E-state index in [-0.39, 0.29) is 11.8 Å². The van der Waals surface area contributed by atoms with E-state index >= 15 is 0 Å². The van der Waals surface area contributed by atoms with Gasteiger partial charge >= 0.3 is 0 Å². The molecule has 3 aliphatic heterocycles. The molecule has 3 rings (SSSR count). The highest BCUT2D eigenvalue weighted by molar-refractivity contribution is 5.79. The zero-order chi connectivity index (χ0) is 25.9. The normalized spacial score (nSPS) is 42.7. The standard InChI is InChI=1S/C23H41NO11/c1-11(2)3-12-4-18(30)24(5-12)22-20(32)19(31)21(17(10-29)33-22)35-23-15(8-27)13(6-25)14(7-26)16(9-28)34-23/h11-17,19-23,25-29,31-32H,3-10H2,1-2H3. The van der Waals surface area contributed by atoms with Crippen molar-refractivity contribution >= 4 is 5.91 Å². The first kappa shape index (κ1) is 28.6. The van der Waals surface area contributed by atoms with Crippen LogP contribution in [0, 0.1) is 29.6 Å². The predicted octanol–water partition coefficient (Wildman–Crippen LogP) is -2.75. The van der Waals surface area contributed by atoms with Crippen LogP contribution in [0.2, 0.25) is 0 Å². The monoisotopic (exact) mass is 507 g/mol. The van der Waals surface area contributed by atoms with Gasteiger partial charge < -0.3 is 54.9 Å². The number of likely N-dealkylation sites (tertiary alicyclic amines) is 1. The van der Waals surface area contributed by atoms with Crippen molar-refractivity contribution in [2.45, 2.75) is 69.7 Å². The number of rotatable bonds is 10. The lowest BCUT2D eigenvalue weighted by Gasteiger charge is -2.49. The lowest BCUT2D eigenvalue weighted by molar-refractivity contribution is -0.336. The molecule has 204 valence electrons. The van der Waals surface area contributed by atoms with Crippen molar-refractivity contribution in [1.82, 2.24) is 4.90 Å². The zero-order valence-electron chi connectivity index (χ0n) is 20.3. The summed E-state index contributed by atoms with van der Waals surface area (Å²) < 4.78 is 17.5. The molecule has 0 saturated carbocycles. The largest absolute Gasteiger partial charge is 0.396 e. The third kappa shape index (κ3) is 5.98. The van der Waals surface area contributed by atoms with Crippen LogP contribution in [0.4, 0.5) is 0 Å². The van der Waals surface area contributed by atoms with Crippen LogP contribution in [-0.2, 0) is 19.0 Å². The molecule has 0 spiro atoms. The van der Waals surface area contributed by atoms with Crippen molar-refractivity contribution in [3.63, 3.8) is 0 Å². The summed E-state index contributed by atoms with van der Waals surface area (Å²) in [6.07, 6.45) is -7.68. The number of hydrogen-bond donors (Lipinski definition) is 7. The van der Waals surface area contributed by atoms with E-state index in [4.69, 9.17) is 14.2 Å². The van der Waals surface area contributed by atoms with Crippen LogP contribution in [-0.4, -0.2) is 129 Å². The number of aliphatic hydroxyl groups excluding tert-OH is 7. The van der Waals surface area contributed by atoms with Gasteiger partial charge in [0.1, 0.15) is 24.4 Å². The summed E-state index contributed by atoms with van der Waals surface area (Å²) in [6.45, 7) is 2.13. The molecule has 3 aliphatic rings. The lowest BCUT2D eigenvalue weighted by atomic mass is 9.77. The molecule has 11 unspecified atom stereocenters. The molecule has 11 atom stereocenters. The third-order valence-corrected chi connectivity index (χ3v) is 7.53. The van der Waals surface area contributed by atoms with Crippen molar-refractivity contribution < 1.29 is 54.8 Å². The van der Waals surface area contributed by atoms with E-state index in [1.807, 2.05) is 0 Å². The van der Waals surface area contributed by atoms with Gasteiger partial charge in [-0.05, 0) is 24.2 Å². The van der Waals surface area contributed by atoms with E-state index in [0.717, 1.165) is 6.42 Å². The molecule has 0 radical (unpaired) electrons. The Morgan fingerprint density at radius 3 is 2.06 bits per heavy atom. The topological polar surface area (TPSA) is 190 Å². The molecule has 0 aromatic heterocycles. The summed E-state index contributed by atoms with van der Waals surface area (Å²) in [6, 6.07) is 0. The van der Waals surface area contributed by atoms with Crippen LogP contribution in [0.1, 0.15) is 26.7 Å². The summed E-state index contributed by atoms with van der Waals surface area (Å²) in [7, 11) is 0. The summed E-state index contributed by atoms with van der Waals surface area (Å²) in [4.78, 5) is 14.0. The minimum atomic E-state index is -1.57. The van der Waals surface area contributed by atoms with Gasteiger partial charge in [0.2, 0.25) is 5.91 Å². The van der Waals surface area contributed by atoms with E-state index in [0.29, 0.717) is 18.9 Å². The fourth-order valence-electron chi connectivity index (χ4n) is 5.75. The second-order valence-corrected chi connectivity index (χ2v) is 10.3. The van der Waals surface area contributed by atoms with Crippen molar-refractivity contribution in [2.75, 3.05) is 39.6 Å².